The van der Waals surface area contributed by atoms with Crippen molar-refractivity contribution in [2.75, 3.05) is 7.11 Å². The number of hydrogen-bond donors (Lipinski definition) is 1. The van der Waals surface area contributed by atoms with Gasteiger partial charge in [0.1, 0.15) is 5.82 Å². The zero-order valence-corrected chi connectivity index (χ0v) is 11.2. The second-order valence-corrected chi connectivity index (χ2v) is 4.52. The highest BCUT2D eigenvalue weighted by Crippen LogP contribution is 2.27. The Kier molecular flexibility index (Phi) is 4.35. The number of benzene rings is 1. The molecule has 2 rings (SSSR count). The molecule has 19 heavy (non-hydrogen) atoms. The molecule has 0 spiro atoms. The van der Waals surface area contributed by atoms with E-state index in [1.165, 1.54) is 13.2 Å². The topological polar surface area (TPSA) is 48.1 Å². The quantitative estimate of drug-likeness (QED) is 0.936. The summed E-state index contributed by atoms with van der Waals surface area (Å²) in [7, 11) is 1.52. The van der Waals surface area contributed by atoms with E-state index in [1.54, 1.807) is 24.4 Å². The van der Waals surface area contributed by atoms with Crippen molar-refractivity contribution in [1.82, 2.24) is 4.98 Å². The van der Waals surface area contributed by atoms with Crippen LogP contribution < -0.4 is 10.5 Å². The molecule has 0 fully saturated rings. The van der Waals surface area contributed by atoms with Gasteiger partial charge in [-0.25, -0.2) is 9.37 Å². The van der Waals surface area contributed by atoms with Gasteiger partial charge in [-0.05, 0) is 24.6 Å². The fraction of sp³-hybridized carbons (Fsp3) is 0.214. The molecule has 1 aromatic carbocycles. The third-order valence-electron chi connectivity index (χ3n) is 2.88. The van der Waals surface area contributed by atoms with Crippen LogP contribution in [-0.2, 0) is 6.42 Å². The van der Waals surface area contributed by atoms with Crippen molar-refractivity contribution in [1.29, 1.82) is 0 Å². The highest BCUT2D eigenvalue weighted by atomic mass is 35.5. The second kappa shape index (κ2) is 5.99. The van der Waals surface area contributed by atoms with E-state index in [0.717, 1.165) is 5.56 Å². The SMILES string of the molecule is COc1ncccc1C(N)Cc1c(F)cccc1Cl. The smallest absolute Gasteiger partial charge is 0.217 e. The molecule has 2 N–H and O–H groups in total. The van der Waals surface area contributed by atoms with Gasteiger partial charge in [0.15, 0.2) is 0 Å². The van der Waals surface area contributed by atoms with Gasteiger partial charge in [0.05, 0.1) is 7.11 Å². The summed E-state index contributed by atoms with van der Waals surface area (Å²) < 4.78 is 18.9. The summed E-state index contributed by atoms with van der Waals surface area (Å²) in [6.45, 7) is 0. The lowest BCUT2D eigenvalue weighted by Crippen LogP contribution is -2.16. The van der Waals surface area contributed by atoms with Crippen LogP contribution >= 0.6 is 11.6 Å². The van der Waals surface area contributed by atoms with Crippen LogP contribution in [0.1, 0.15) is 17.2 Å². The number of ether oxygens (including phenoxy) is 1. The van der Waals surface area contributed by atoms with E-state index in [9.17, 15) is 4.39 Å². The normalized spacial score (nSPS) is 12.2. The van der Waals surface area contributed by atoms with E-state index in [4.69, 9.17) is 22.1 Å². The minimum Gasteiger partial charge on any atom is -0.481 e. The fourth-order valence-electron chi connectivity index (χ4n) is 1.91. The summed E-state index contributed by atoms with van der Waals surface area (Å²) >= 11 is 5.99. The molecule has 2 aromatic rings. The molecule has 3 nitrogen and oxygen atoms in total. The third-order valence-corrected chi connectivity index (χ3v) is 3.23. The van der Waals surface area contributed by atoms with Crippen molar-refractivity contribution in [2.24, 2.45) is 5.73 Å². The molecule has 1 aromatic heterocycles. The van der Waals surface area contributed by atoms with Gasteiger partial charge in [-0.1, -0.05) is 23.7 Å². The molecule has 1 unspecified atom stereocenters. The lowest BCUT2D eigenvalue weighted by Gasteiger charge is -2.15. The van der Waals surface area contributed by atoms with Crippen LogP contribution in [0.4, 0.5) is 4.39 Å². The van der Waals surface area contributed by atoms with E-state index < -0.39 is 6.04 Å². The summed E-state index contributed by atoms with van der Waals surface area (Å²) in [5, 5.41) is 0.373. The summed E-state index contributed by atoms with van der Waals surface area (Å²) in [6, 6.07) is 7.73. The Morgan fingerprint density at radius 2 is 2.16 bits per heavy atom. The number of rotatable bonds is 4. The first-order valence-electron chi connectivity index (χ1n) is 5.81. The van der Waals surface area contributed by atoms with Gasteiger partial charge >= 0.3 is 0 Å². The van der Waals surface area contributed by atoms with Crippen LogP contribution in [0.25, 0.3) is 0 Å². The molecular weight excluding hydrogens is 267 g/mol. The van der Waals surface area contributed by atoms with Crippen molar-refractivity contribution in [3.8, 4) is 5.88 Å². The monoisotopic (exact) mass is 280 g/mol. The van der Waals surface area contributed by atoms with E-state index >= 15 is 0 Å². The van der Waals surface area contributed by atoms with Gasteiger partial charge in [0.2, 0.25) is 5.88 Å². The number of nitrogens with two attached hydrogens (primary N) is 1. The van der Waals surface area contributed by atoms with E-state index in [-0.39, 0.29) is 12.2 Å². The maximum atomic E-state index is 13.7. The standard InChI is InChI=1S/C14H14ClFN2O/c1-19-14-9(4-3-7-18-14)13(17)8-10-11(15)5-2-6-12(10)16/h2-7,13H,8,17H2,1H3. The number of pyridine rings is 1. The van der Waals surface area contributed by atoms with Crippen molar-refractivity contribution in [3.05, 3.63) is 58.5 Å². The molecule has 0 radical (unpaired) electrons. The van der Waals surface area contributed by atoms with E-state index in [0.29, 0.717) is 16.5 Å². The average Bonchev–Trinajstić information content (AvgIpc) is 2.42. The van der Waals surface area contributed by atoms with Crippen LogP contribution in [0.3, 0.4) is 0 Å². The van der Waals surface area contributed by atoms with Crippen molar-refractivity contribution >= 4 is 11.6 Å². The maximum absolute atomic E-state index is 13.7. The second-order valence-electron chi connectivity index (χ2n) is 4.11. The van der Waals surface area contributed by atoms with Crippen LogP contribution in [0.5, 0.6) is 5.88 Å². The molecule has 1 heterocycles. The summed E-state index contributed by atoms with van der Waals surface area (Å²) in [5.74, 6) is 0.0910. The first-order valence-corrected chi connectivity index (χ1v) is 6.18. The Balaban J connectivity index is 2.28. The van der Waals surface area contributed by atoms with Gasteiger partial charge in [0, 0.05) is 28.4 Å². The third kappa shape index (κ3) is 3.03. The Hall–Kier alpha value is -1.65. The molecule has 1 atom stereocenters. The predicted molar refractivity (Wildman–Crippen MR) is 72.8 cm³/mol. The number of aromatic nitrogens is 1. The number of hydrogen-bond acceptors (Lipinski definition) is 3. The highest BCUT2D eigenvalue weighted by Gasteiger charge is 2.16. The Morgan fingerprint density at radius 3 is 2.84 bits per heavy atom. The van der Waals surface area contributed by atoms with Crippen LogP contribution in [0.2, 0.25) is 5.02 Å². The molecule has 0 aliphatic carbocycles. The molecule has 5 heteroatoms. The number of halogens is 2. The van der Waals surface area contributed by atoms with Crippen LogP contribution in [0, 0.1) is 5.82 Å². The lowest BCUT2D eigenvalue weighted by molar-refractivity contribution is 0.388. The minimum atomic E-state index is -0.432. The Bertz CT molecular complexity index is 557. The number of methoxy groups -OCH3 is 1. The average molecular weight is 281 g/mol. The van der Waals surface area contributed by atoms with Gasteiger partial charge in [-0.15, -0.1) is 0 Å². The van der Waals surface area contributed by atoms with Crippen LogP contribution in [-0.4, -0.2) is 12.1 Å². The zero-order chi connectivity index (χ0) is 13.8. The molecule has 0 saturated heterocycles. The van der Waals surface area contributed by atoms with E-state index in [2.05, 4.69) is 4.98 Å². The Morgan fingerprint density at radius 1 is 1.37 bits per heavy atom. The molecule has 0 bridgehead atoms. The predicted octanol–water partition coefficient (Wildman–Crippen LogP) is 3.13. The fourth-order valence-corrected chi connectivity index (χ4v) is 2.15. The first-order chi connectivity index (χ1) is 9.13. The van der Waals surface area contributed by atoms with E-state index in [1.807, 2.05) is 6.07 Å². The van der Waals surface area contributed by atoms with Gasteiger partial charge < -0.3 is 10.5 Å². The summed E-state index contributed by atoms with van der Waals surface area (Å²) in [4.78, 5) is 4.08. The van der Waals surface area contributed by atoms with Gasteiger partial charge in [-0.2, -0.15) is 0 Å². The Labute approximate surface area is 116 Å². The summed E-state index contributed by atoms with van der Waals surface area (Å²) in [5.41, 5.74) is 7.23. The molecule has 0 amide bonds. The number of nitrogens with zero attached hydrogens (tertiary/aromatic N) is 1. The molecule has 0 aliphatic rings. The first kappa shape index (κ1) is 13.8. The lowest BCUT2D eigenvalue weighted by atomic mass is 10.00. The maximum Gasteiger partial charge on any atom is 0.217 e. The van der Waals surface area contributed by atoms with Crippen molar-refractivity contribution < 1.29 is 9.13 Å². The molecule has 0 saturated carbocycles. The van der Waals surface area contributed by atoms with Crippen LogP contribution in [0.15, 0.2) is 36.5 Å². The van der Waals surface area contributed by atoms with Crippen molar-refractivity contribution in [2.45, 2.75) is 12.5 Å². The largest absolute Gasteiger partial charge is 0.481 e. The molecule has 0 aliphatic heterocycles. The van der Waals surface area contributed by atoms with Crippen molar-refractivity contribution in [3.63, 3.8) is 0 Å². The zero-order valence-electron chi connectivity index (χ0n) is 10.4. The van der Waals surface area contributed by atoms with Gasteiger partial charge in [0.25, 0.3) is 0 Å². The molecular formula is C14H14ClFN2O. The highest BCUT2D eigenvalue weighted by molar-refractivity contribution is 6.31. The van der Waals surface area contributed by atoms with Gasteiger partial charge in [-0.3, -0.25) is 0 Å². The molecule has 100 valence electrons. The summed E-state index contributed by atoms with van der Waals surface area (Å²) in [6.07, 6.45) is 1.90. The minimum absolute atomic E-state index is 0.285.